The predicted molar refractivity (Wildman–Crippen MR) is 98.8 cm³/mol. The van der Waals surface area contributed by atoms with Crippen LogP contribution in [-0.4, -0.2) is 23.9 Å². The first-order valence-corrected chi connectivity index (χ1v) is 8.26. The summed E-state index contributed by atoms with van der Waals surface area (Å²) >= 11 is 0. The zero-order valence-electron chi connectivity index (χ0n) is 14.1. The van der Waals surface area contributed by atoms with Crippen molar-refractivity contribution >= 4 is 23.4 Å². The molecule has 7 nitrogen and oxygen atoms in total. The number of aliphatic imine (C=N–C) groups is 1. The summed E-state index contributed by atoms with van der Waals surface area (Å²) in [6, 6.07) is 19.9. The summed E-state index contributed by atoms with van der Waals surface area (Å²) in [6.07, 6.45) is -0.620. The SMILES string of the molecule is O=C(NC1N=C(c2ccccc2)c2ccccc2NC1=O)Oc1ccco1. The molecule has 7 heteroatoms. The number of hydrogen-bond donors (Lipinski definition) is 2. The fourth-order valence-electron chi connectivity index (χ4n) is 2.73. The first-order chi connectivity index (χ1) is 13.2. The minimum absolute atomic E-state index is 0.0251. The molecule has 0 saturated carbocycles. The molecule has 3 aromatic rings. The number of carbonyl (C=O) groups excluding carboxylic acids is 2. The van der Waals surface area contributed by atoms with Crippen LogP contribution in [0.3, 0.4) is 0 Å². The van der Waals surface area contributed by atoms with Crippen molar-refractivity contribution in [1.82, 2.24) is 5.32 Å². The van der Waals surface area contributed by atoms with E-state index in [-0.39, 0.29) is 5.95 Å². The van der Waals surface area contributed by atoms with E-state index in [1.54, 1.807) is 12.1 Å². The topological polar surface area (TPSA) is 92.9 Å². The van der Waals surface area contributed by atoms with Gasteiger partial charge in [0.2, 0.25) is 6.17 Å². The van der Waals surface area contributed by atoms with Crippen molar-refractivity contribution in [3.05, 3.63) is 84.1 Å². The fraction of sp³-hybridized carbons (Fsp3) is 0.0500. The van der Waals surface area contributed by atoms with Crippen LogP contribution in [0, 0.1) is 0 Å². The number of furan rings is 1. The molecule has 134 valence electrons. The number of benzene rings is 2. The molecule has 2 heterocycles. The highest BCUT2D eigenvalue weighted by molar-refractivity contribution is 6.19. The number of nitrogens with one attached hydrogen (secondary N) is 2. The number of amides is 2. The summed E-state index contributed by atoms with van der Waals surface area (Å²) in [7, 11) is 0. The quantitative estimate of drug-likeness (QED) is 0.749. The van der Waals surface area contributed by atoms with Crippen molar-refractivity contribution in [2.24, 2.45) is 4.99 Å². The van der Waals surface area contributed by atoms with E-state index >= 15 is 0 Å². The Morgan fingerprint density at radius 1 is 1.04 bits per heavy atom. The summed E-state index contributed by atoms with van der Waals surface area (Å²) in [5.41, 5.74) is 2.80. The molecule has 0 radical (unpaired) electrons. The smallest absolute Gasteiger partial charge is 0.417 e. The number of carbonyl (C=O) groups is 2. The van der Waals surface area contributed by atoms with E-state index in [2.05, 4.69) is 15.6 Å². The van der Waals surface area contributed by atoms with Crippen molar-refractivity contribution in [2.75, 3.05) is 5.32 Å². The lowest BCUT2D eigenvalue weighted by Gasteiger charge is -2.12. The molecule has 1 aliphatic heterocycles. The zero-order valence-corrected chi connectivity index (χ0v) is 14.1. The first kappa shape index (κ1) is 16.6. The molecular weight excluding hydrogens is 346 g/mol. The highest BCUT2D eigenvalue weighted by Crippen LogP contribution is 2.23. The summed E-state index contributed by atoms with van der Waals surface area (Å²) in [6.45, 7) is 0. The molecule has 0 aliphatic carbocycles. The Kier molecular flexibility index (Phi) is 4.40. The maximum Gasteiger partial charge on any atom is 0.417 e. The van der Waals surface area contributed by atoms with Crippen molar-refractivity contribution in [3.63, 3.8) is 0 Å². The Balaban J connectivity index is 1.68. The largest absolute Gasteiger partial charge is 0.434 e. The molecule has 0 fully saturated rings. The van der Waals surface area contributed by atoms with Crippen molar-refractivity contribution in [2.45, 2.75) is 6.17 Å². The average molecular weight is 361 g/mol. The van der Waals surface area contributed by atoms with Crippen LogP contribution >= 0.6 is 0 Å². The molecule has 1 aliphatic rings. The Morgan fingerprint density at radius 2 is 1.81 bits per heavy atom. The molecule has 27 heavy (non-hydrogen) atoms. The highest BCUT2D eigenvalue weighted by atomic mass is 16.6. The van der Waals surface area contributed by atoms with Crippen LogP contribution < -0.4 is 15.4 Å². The van der Waals surface area contributed by atoms with Gasteiger partial charge in [0, 0.05) is 17.2 Å². The summed E-state index contributed by atoms with van der Waals surface area (Å²) in [4.78, 5) is 29.2. The number of hydrogen-bond acceptors (Lipinski definition) is 5. The number of fused-ring (bicyclic) bond motifs is 1. The number of ether oxygens (including phenoxy) is 1. The molecule has 0 spiro atoms. The number of para-hydroxylation sites is 1. The zero-order chi connectivity index (χ0) is 18.6. The standard InChI is InChI=1S/C20H15N3O4/c24-19-18(23-20(25)27-16-11-6-12-26-16)22-17(13-7-2-1-3-8-13)14-9-4-5-10-15(14)21-19/h1-12,18H,(H,21,24)(H,23,25). The second-order valence-electron chi connectivity index (χ2n) is 5.75. The molecule has 0 bridgehead atoms. The predicted octanol–water partition coefficient (Wildman–Crippen LogP) is 3.18. The molecule has 1 atom stereocenters. The van der Waals surface area contributed by atoms with E-state index in [1.807, 2.05) is 48.5 Å². The minimum Gasteiger partial charge on any atom is -0.434 e. The van der Waals surface area contributed by atoms with Gasteiger partial charge in [-0.2, -0.15) is 0 Å². The van der Waals surface area contributed by atoms with Crippen LogP contribution in [0.15, 0.2) is 82.4 Å². The van der Waals surface area contributed by atoms with Crippen LogP contribution in [-0.2, 0) is 4.79 Å². The van der Waals surface area contributed by atoms with Gasteiger partial charge in [0.1, 0.15) is 0 Å². The van der Waals surface area contributed by atoms with Gasteiger partial charge in [-0.1, -0.05) is 48.5 Å². The van der Waals surface area contributed by atoms with Crippen LogP contribution in [0.25, 0.3) is 0 Å². The van der Waals surface area contributed by atoms with E-state index in [0.717, 1.165) is 11.1 Å². The van der Waals surface area contributed by atoms with Gasteiger partial charge in [0.05, 0.1) is 17.7 Å². The molecule has 2 amide bonds. The third-order valence-corrected chi connectivity index (χ3v) is 3.94. The number of benzodiazepines with no additional fused rings is 1. The molecule has 0 saturated heterocycles. The fourth-order valence-corrected chi connectivity index (χ4v) is 2.73. The lowest BCUT2D eigenvalue weighted by Crippen LogP contribution is -2.43. The summed E-state index contributed by atoms with van der Waals surface area (Å²) in [5.74, 6) is -0.443. The van der Waals surface area contributed by atoms with Crippen LogP contribution in [0.5, 0.6) is 5.95 Å². The molecular formula is C20H15N3O4. The lowest BCUT2D eigenvalue weighted by molar-refractivity contribution is -0.117. The monoisotopic (exact) mass is 361 g/mol. The van der Waals surface area contributed by atoms with E-state index in [9.17, 15) is 9.59 Å². The summed E-state index contributed by atoms with van der Waals surface area (Å²) in [5, 5.41) is 5.25. The van der Waals surface area contributed by atoms with Gasteiger partial charge in [0.15, 0.2) is 0 Å². The van der Waals surface area contributed by atoms with Gasteiger partial charge < -0.3 is 14.5 Å². The lowest BCUT2D eigenvalue weighted by atomic mass is 10.0. The Morgan fingerprint density at radius 3 is 2.59 bits per heavy atom. The van der Waals surface area contributed by atoms with E-state index in [1.165, 1.54) is 12.3 Å². The minimum atomic E-state index is -1.16. The van der Waals surface area contributed by atoms with Gasteiger partial charge in [-0.05, 0) is 12.1 Å². The molecule has 1 aromatic heterocycles. The number of rotatable bonds is 3. The van der Waals surface area contributed by atoms with Gasteiger partial charge >= 0.3 is 6.09 Å². The Hall–Kier alpha value is -3.87. The van der Waals surface area contributed by atoms with Gasteiger partial charge in [-0.15, -0.1) is 0 Å². The molecule has 2 N–H and O–H groups in total. The second-order valence-corrected chi connectivity index (χ2v) is 5.75. The third kappa shape index (κ3) is 3.57. The summed E-state index contributed by atoms with van der Waals surface area (Å²) < 4.78 is 9.96. The van der Waals surface area contributed by atoms with Crippen LogP contribution in [0.1, 0.15) is 11.1 Å². The molecule has 1 unspecified atom stereocenters. The van der Waals surface area contributed by atoms with Crippen molar-refractivity contribution in [1.29, 1.82) is 0 Å². The van der Waals surface area contributed by atoms with E-state index < -0.39 is 18.2 Å². The maximum atomic E-state index is 12.6. The van der Waals surface area contributed by atoms with E-state index in [0.29, 0.717) is 11.4 Å². The van der Waals surface area contributed by atoms with Gasteiger partial charge in [-0.25, -0.2) is 9.79 Å². The highest BCUT2D eigenvalue weighted by Gasteiger charge is 2.27. The van der Waals surface area contributed by atoms with Crippen molar-refractivity contribution < 1.29 is 18.7 Å². The van der Waals surface area contributed by atoms with Gasteiger partial charge in [-0.3, -0.25) is 10.1 Å². The normalized spacial score (nSPS) is 15.8. The Labute approximate surface area is 154 Å². The van der Waals surface area contributed by atoms with E-state index in [4.69, 9.17) is 9.15 Å². The number of nitrogens with zero attached hydrogens (tertiary/aromatic N) is 1. The van der Waals surface area contributed by atoms with Gasteiger partial charge in [0.25, 0.3) is 11.9 Å². The first-order valence-electron chi connectivity index (χ1n) is 8.26. The average Bonchev–Trinajstić information content (AvgIpc) is 3.14. The van der Waals surface area contributed by atoms with Crippen LogP contribution in [0.2, 0.25) is 0 Å². The Bertz CT molecular complexity index is 997. The maximum absolute atomic E-state index is 12.6. The van der Waals surface area contributed by atoms with Crippen molar-refractivity contribution in [3.8, 4) is 5.95 Å². The third-order valence-electron chi connectivity index (χ3n) is 3.94. The van der Waals surface area contributed by atoms with Crippen LogP contribution in [0.4, 0.5) is 10.5 Å². The molecule has 2 aromatic carbocycles. The number of anilines is 1. The second kappa shape index (κ2) is 7.17. The molecule has 4 rings (SSSR count).